The molecular weight excluding hydrogens is 340 g/mol. The molecule has 2 amide bonds. The zero-order valence-electron chi connectivity index (χ0n) is 15.9. The summed E-state index contributed by atoms with van der Waals surface area (Å²) in [6.45, 7) is 8.18. The highest BCUT2D eigenvalue weighted by atomic mass is 16.2. The average Bonchev–Trinajstić information content (AvgIpc) is 2.87. The van der Waals surface area contributed by atoms with Crippen LogP contribution in [0.25, 0.3) is 0 Å². The van der Waals surface area contributed by atoms with Gasteiger partial charge in [-0.05, 0) is 57.0 Å². The van der Waals surface area contributed by atoms with Crippen molar-refractivity contribution >= 4 is 17.5 Å². The first-order valence-corrected chi connectivity index (χ1v) is 9.37. The Kier molecular flexibility index (Phi) is 5.74. The topological polar surface area (TPSA) is 78.1 Å². The van der Waals surface area contributed by atoms with Crippen LogP contribution >= 0.6 is 0 Å². The number of carbonyl (C=O) groups is 2. The van der Waals surface area contributed by atoms with Gasteiger partial charge in [0.2, 0.25) is 5.91 Å². The lowest BCUT2D eigenvalue weighted by Gasteiger charge is -2.31. The lowest BCUT2D eigenvalue weighted by molar-refractivity contribution is -0.111. The Bertz CT molecular complexity index is 819. The molecule has 1 aromatic heterocycles. The summed E-state index contributed by atoms with van der Waals surface area (Å²) in [6, 6.07) is 7.06. The van der Waals surface area contributed by atoms with Crippen LogP contribution in [0.2, 0.25) is 0 Å². The Morgan fingerprint density at radius 1 is 1.22 bits per heavy atom. The smallest absolute Gasteiger partial charge is 0.254 e. The number of carbonyl (C=O) groups excluding carboxylic acids is 2. The van der Waals surface area contributed by atoms with Gasteiger partial charge in [0.05, 0.1) is 11.7 Å². The van der Waals surface area contributed by atoms with Crippen LogP contribution < -0.4 is 5.32 Å². The van der Waals surface area contributed by atoms with Gasteiger partial charge in [0, 0.05) is 29.1 Å². The predicted molar refractivity (Wildman–Crippen MR) is 106 cm³/mol. The van der Waals surface area contributed by atoms with E-state index in [2.05, 4.69) is 22.1 Å². The second-order valence-corrected chi connectivity index (χ2v) is 6.98. The van der Waals surface area contributed by atoms with Gasteiger partial charge in [-0.25, -0.2) is 0 Å². The zero-order valence-corrected chi connectivity index (χ0v) is 15.9. The molecule has 6 nitrogen and oxygen atoms in total. The fraction of sp³-hybridized carbons (Fsp3) is 0.381. The van der Waals surface area contributed by atoms with E-state index < -0.39 is 0 Å². The van der Waals surface area contributed by atoms with Crippen molar-refractivity contribution in [2.75, 3.05) is 11.9 Å². The number of nitrogens with zero attached hydrogens (tertiary/aromatic N) is 2. The van der Waals surface area contributed by atoms with Crippen LogP contribution in [0.1, 0.15) is 59.0 Å². The van der Waals surface area contributed by atoms with Crippen molar-refractivity contribution in [2.45, 2.75) is 45.6 Å². The molecule has 3 rings (SSSR count). The number of rotatable bonds is 4. The van der Waals surface area contributed by atoms with E-state index >= 15 is 0 Å². The molecule has 0 radical (unpaired) electrons. The summed E-state index contributed by atoms with van der Waals surface area (Å²) in [7, 11) is 0. The quantitative estimate of drug-likeness (QED) is 0.805. The molecule has 2 heterocycles. The van der Waals surface area contributed by atoms with Crippen LogP contribution in [-0.2, 0) is 4.79 Å². The number of nitrogens with one attached hydrogen (secondary N) is 2. The predicted octanol–water partition coefficient (Wildman–Crippen LogP) is 3.91. The second-order valence-electron chi connectivity index (χ2n) is 6.98. The first-order valence-electron chi connectivity index (χ1n) is 9.37. The maximum atomic E-state index is 13.3. The van der Waals surface area contributed by atoms with Crippen LogP contribution in [0.4, 0.5) is 5.69 Å². The monoisotopic (exact) mass is 366 g/mol. The van der Waals surface area contributed by atoms with Gasteiger partial charge in [-0.15, -0.1) is 0 Å². The van der Waals surface area contributed by atoms with E-state index in [9.17, 15) is 9.59 Å². The molecule has 0 spiro atoms. The Morgan fingerprint density at radius 2 is 1.96 bits per heavy atom. The van der Waals surface area contributed by atoms with E-state index in [4.69, 9.17) is 0 Å². The van der Waals surface area contributed by atoms with Crippen LogP contribution in [-0.4, -0.2) is 33.5 Å². The number of hydrogen-bond donors (Lipinski definition) is 2. The fourth-order valence-corrected chi connectivity index (χ4v) is 3.76. The van der Waals surface area contributed by atoms with Gasteiger partial charge in [0.1, 0.15) is 0 Å². The minimum atomic E-state index is -0.271. The Labute approximate surface area is 159 Å². The Morgan fingerprint density at radius 3 is 2.59 bits per heavy atom. The number of H-pyrrole nitrogens is 1. The average molecular weight is 366 g/mol. The molecule has 1 unspecified atom stereocenters. The van der Waals surface area contributed by atoms with E-state index in [-0.39, 0.29) is 17.9 Å². The third-order valence-corrected chi connectivity index (χ3v) is 5.12. The highest BCUT2D eigenvalue weighted by molar-refractivity contribution is 5.99. The summed E-state index contributed by atoms with van der Waals surface area (Å²) >= 11 is 0. The number of aromatic amines is 1. The van der Waals surface area contributed by atoms with Crippen molar-refractivity contribution in [3.63, 3.8) is 0 Å². The van der Waals surface area contributed by atoms with Gasteiger partial charge in [0.25, 0.3) is 5.91 Å². The van der Waals surface area contributed by atoms with Crippen LogP contribution in [0.5, 0.6) is 0 Å². The molecule has 0 aliphatic carbocycles. The number of amides is 2. The summed E-state index contributed by atoms with van der Waals surface area (Å²) in [5.74, 6) is -0.254. The molecular formula is C21H26N4O2. The molecule has 1 aromatic carbocycles. The van der Waals surface area contributed by atoms with Gasteiger partial charge in [-0.2, -0.15) is 5.10 Å². The van der Waals surface area contributed by atoms with Crippen LogP contribution in [0, 0.1) is 13.8 Å². The third kappa shape index (κ3) is 4.10. The molecule has 0 bridgehead atoms. The van der Waals surface area contributed by atoms with Gasteiger partial charge in [-0.1, -0.05) is 19.4 Å². The summed E-state index contributed by atoms with van der Waals surface area (Å²) in [4.78, 5) is 26.7. The van der Waals surface area contributed by atoms with Crippen molar-refractivity contribution in [3.8, 4) is 0 Å². The number of benzene rings is 1. The van der Waals surface area contributed by atoms with Gasteiger partial charge >= 0.3 is 0 Å². The number of aromatic nitrogens is 2. The standard InChI is InChI=1S/C21H26N4O2/c1-4-19(26)22-17-11-9-16(10-12-17)21(27)25-13-7-5-6-8-18(25)20-14(2)23-24-15(20)3/h4,9-12,18H,1,5-8,13H2,2-3H3,(H,22,26)(H,23,24). The van der Waals surface area contributed by atoms with Gasteiger partial charge in [0.15, 0.2) is 0 Å². The molecule has 1 fully saturated rings. The van der Waals surface area contributed by atoms with E-state index in [0.29, 0.717) is 11.3 Å². The summed E-state index contributed by atoms with van der Waals surface area (Å²) < 4.78 is 0. The summed E-state index contributed by atoms with van der Waals surface area (Å²) in [6.07, 6.45) is 5.40. The minimum absolute atomic E-state index is 0.0171. The van der Waals surface area contributed by atoms with E-state index in [1.165, 1.54) is 6.08 Å². The molecule has 2 aromatic rings. The van der Waals surface area contributed by atoms with Crippen LogP contribution in [0.3, 0.4) is 0 Å². The van der Waals surface area contributed by atoms with Crippen molar-refractivity contribution < 1.29 is 9.59 Å². The highest BCUT2D eigenvalue weighted by Gasteiger charge is 2.30. The number of aryl methyl sites for hydroxylation is 2. The molecule has 1 saturated heterocycles. The molecule has 1 aliphatic heterocycles. The first-order chi connectivity index (χ1) is 13.0. The zero-order chi connectivity index (χ0) is 19.4. The van der Waals surface area contributed by atoms with Gasteiger partial charge in [-0.3, -0.25) is 14.7 Å². The molecule has 6 heteroatoms. The van der Waals surface area contributed by atoms with E-state index in [1.807, 2.05) is 18.7 Å². The van der Waals surface area contributed by atoms with Crippen LogP contribution in [0.15, 0.2) is 36.9 Å². The number of likely N-dealkylation sites (tertiary alicyclic amines) is 1. The number of anilines is 1. The molecule has 142 valence electrons. The van der Waals surface area contributed by atoms with E-state index in [0.717, 1.165) is 49.2 Å². The fourth-order valence-electron chi connectivity index (χ4n) is 3.76. The summed E-state index contributed by atoms with van der Waals surface area (Å²) in [5, 5.41) is 10.1. The SMILES string of the molecule is C=CC(=O)Nc1ccc(C(=O)N2CCCCCC2c2c(C)n[nH]c2C)cc1. The van der Waals surface area contributed by atoms with Gasteiger partial charge < -0.3 is 10.2 Å². The Balaban J connectivity index is 1.86. The minimum Gasteiger partial charge on any atom is -0.331 e. The van der Waals surface area contributed by atoms with Crippen molar-refractivity contribution in [1.82, 2.24) is 15.1 Å². The Hall–Kier alpha value is -2.89. The molecule has 27 heavy (non-hydrogen) atoms. The first kappa shape index (κ1) is 18.9. The van der Waals surface area contributed by atoms with Crippen molar-refractivity contribution in [1.29, 1.82) is 0 Å². The highest BCUT2D eigenvalue weighted by Crippen LogP contribution is 2.34. The maximum Gasteiger partial charge on any atom is 0.254 e. The molecule has 2 N–H and O–H groups in total. The lowest BCUT2D eigenvalue weighted by Crippen LogP contribution is -2.35. The lowest BCUT2D eigenvalue weighted by atomic mass is 9.98. The largest absolute Gasteiger partial charge is 0.331 e. The molecule has 1 aliphatic rings. The molecule has 1 atom stereocenters. The van der Waals surface area contributed by atoms with Crippen molar-refractivity contribution in [3.05, 3.63) is 59.4 Å². The second kappa shape index (κ2) is 8.20. The third-order valence-electron chi connectivity index (χ3n) is 5.12. The normalized spacial score (nSPS) is 17.3. The van der Waals surface area contributed by atoms with E-state index in [1.54, 1.807) is 24.3 Å². The summed E-state index contributed by atoms with van der Waals surface area (Å²) in [5.41, 5.74) is 4.39. The molecule has 0 saturated carbocycles. The number of hydrogen-bond acceptors (Lipinski definition) is 3. The van der Waals surface area contributed by atoms with Crippen molar-refractivity contribution in [2.24, 2.45) is 0 Å². The maximum absolute atomic E-state index is 13.3.